The van der Waals surface area contributed by atoms with E-state index in [-0.39, 0.29) is 0 Å². The highest BCUT2D eigenvalue weighted by atomic mass is 15.1. The van der Waals surface area contributed by atoms with Crippen molar-refractivity contribution in [3.05, 3.63) is 194 Å². The first-order chi connectivity index (χ1) is 25.8. The molecule has 10 aromatic rings. The van der Waals surface area contributed by atoms with E-state index in [1.807, 2.05) is 0 Å². The number of fused-ring (bicyclic) bond motifs is 8. The van der Waals surface area contributed by atoms with Gasteiger partial charge in [-0.05, 0) is 122 Å². The number of nitrogens with zero attached hydrogens (tertiary/aromatic N) is 2. The Morgan fingerprint density at radius 2 is 1.00 bits per heavy atom. The Balaban J connectivity index is 1.15. The Hall–Kier alpha value is -6.90. The van der Waals surface area contributed by atoms with Crippen LogP contribution in [0, 0.1) is 0 Å². The molecule has 52 heavy (non-hydrogen) atoms. The summed E-state index contributed by atoms with van der Waals surface area (Å²) in [6, 6.07) is 71.0. The van der Waals surface area contributed by atoms with Crippen LogP contribution in [0.25, 0.3) is 82.4 Å². The molecule has 2 heteroatoms. The van der Waals surface area contributed by atoms with E-state index in [0.717, 1.165) is 22.7 Å². The van der Waals surface area contributed by atoms with Gasteiger partial charge in [0.1, 0.15) is 0 Å². The van der Waals surface area contributed by atoms with Crippen LogP contribution in [0.1, 0.15) is 0 Å². The normalized spacial score (nSPS) is 11.8. The third kappa shape index (κ3) is 4.31. The second kappa shape index (κ2) is 11.3. The molecule has 0 bridgehead atoms. The molecule has 1 aliphatic carbocycles. The second-order valence-electron chi connectivity index (χ2n) is 13.7. The van der Waals surface area contributed by atoms with Gasteiger partial charge in [-0.25, -0.2) is 0 Å². The van der Waals surface area contributed by atoms with Crippen LogP contribution in [0.3, 0.4) is 0 Å². The molecule has 11 rings (SSSR count). The van der Waals surface area contributed by atoms with Crippen molar-refractivity contribution < 1.29 is 0 Å². The predicted octanol–water partition coefficient (Wildman–Crippen LogP) is 13.9. The molecule has 0 saturated heterocycles. The van der Waals surface area contributed by atoms with Crippen LogP contribution in [0.2, 0.25) is 0 Å². The number of para-hydroxylation sites is 2. The van der Waals surface area contributed by atoms with Gasteiger partial charge in [0.15, 0.2) is 0 Å². The average Bonchev–Trinajstić information content (AvgIpc) is 3.72. The lowest BCUT2D eigenvalue weighted by atomic mass is 9.96. The van der Waals surface area contributed by atoms with E-state index in [4.69, 9.17) is 0 Å². The number of anilines is 3. The van der Waals surface area contributed by atoms with E-state index < -0.39 is 0 Å². The van der Waals surface area contributed by atoms with Crippen molar-refractivity contribution in [1.82, 2.24) is 4.57 Å². The molecule has 0 aliphatic heterocycles. The average molecular weight is 661 g/mol. The molecule has 0 fully saturated rings. The number of benzene rings is 9. The van der Waals surface area contributed by atoms with E-state index in [1.165, 1.54) is 76.7 Å². The van der Waals surface area contributed by atoms with Gasteiger partial charge in [0, 0.05) is 33.5 Å². The smallest absolute Gasteiger partial charge is 0.0542 e. The molecule has 0 N–H and O–H groups in total. The standard InChI is InChI=1S/C50H32N2/c1-3-13-33(14-4-1)34-16-11-20-38(30-34)51(40-26-28-48-46(32-40)42-22-9-10-24-47(42)52(48)37-18-5-2-6-19-37)39-25-27-44-45(31-39)43-23-12-17-36-29-35-15-7-8-21-41(35)50(44)49(36)43/h1-32H. The SMILES string of the molecule is c1ccc(-c2cccc(N(c3ccc4c(c3)-c3cccc5cc6ccccc6c-4c35)c3ccc4c(c3)c3ccccc3n4-c3ccccc3)c2)cc1. The molecule has 0 saturated carbocycles. The Morgan fingerprint density at radius 3 is 1.88 bits per heavy atom. The molecule has 0 atom stereocenters. The minimum absolute atomic E-state index is 1.12. The molecular formula is C50H32N2. The van der Waals surface area contributed by atoms with E-state index in [0.29, 0.717) is 0 Å². The van der Waals surface area contributed by atoms with Gasteiger partial charge in [0.05, 0.1) is 11.0 Å². The van der Waals surface area contributed by atoms with Crippen LogP contribution in [0.5, 0.6) is 0 Å². The van der Waals surface area contributed by atoms with Gasteiger partial charge in [0.25, 0.3) is 0 Å². The maximum absolute atomic E-state index is 2.43. The molecule has 242 valence electrons. The van der Waals surface area contributed by atoms with Crippen molar-refractivity contribution in [2.75, 3.05) is 4.90 Å². The molecule has 9 aromatic carbocycles. The zero-order valence-electron chi connectivity index (χ0n) is 28.4. The highest BCUT2D eigenvalue weighted by Gasteiger charge is 2.26. The van der Waals surface area contributed by atoms with Crippen molar-refractivity contribution in [3.8, 4) is 39.1 Å². The van der Waals surface area contributed by atoms with Gasteiger partial charge in [-0.15, -0.1) is 0 Å². The third-order valence-corrected chi connectivity index (χ3v) is 10.8. The van der Waals surface area contributed by atoms with Crippen molar-refractivity contribution in [2.45, 2.75) is 0 Å². The summed E-state index contributed by atoms with van der Waals surface area (Å²) >= 11 is 0. The first-order valence-electron chi connectivity index (χ1n) is 17.9. The van der Waals surface area contributed by atoms with Crippen LogP contribution in [0.15, 0.2) is 194 Å². The lowest BCUT2D eigenvalue weighted by molar-refractivity contribution is 1.18. The van der Waals surface area contributed by atoms with Gasteiger partial charge in [-0.1, -0.05) is 127 Å². The van der Waals surface area contributed by atoms with Crippen molar-refractivity contribution in [3.63, 3.8) is 0 Å². The summed E-state index contributed by atoms with van der Waals surface area (Å²) in [7, 11) is 0. The Morgan fingerprint density at radius 1 is 0.346 bits per heavy atom. The van der Waals surface area contributed by atoms with Gasteiger partial charge in [0.2, 0.25) is 0 Å². The second-order valence-corrected chi connectivity index (χ2v) is 13.7. The topological polar surface area (TPSA) is 8.17 Å². The molecule has 1 aliphatic rings. The van der Waals surface area contributed by atoms with Gasteiger partial charge in [-0.2, -0.15) is 0 Å². The van der Waals surface area contributed by atoms with E-state index in [2.05, 4.69) is 204 Å². The maximum atomic E-state index is 2.43. The molecule has 0 radical (unpaired) electrons. The molecular weight excluding hydrogens is 629 g/mol. The predicted molar refractivity (Wildman–Crippen MR) is 220 cm³/mol. The molecule has 0 unspecified atom stereocenters. The van der Waals surface area contributed by atoms with E-state index in [9.17, 15) is 0 Å². The number of aromatic nitrogens is 1. The van der Waals surface area contributed by atoms with Crippen LogP contribution >= 0.6 is 0 Å². The highest BCUT2D eigenvalue weighted by Crippen LogP contribution is 2.52. The van der Waals surface area contributed by atoms with Crippen LogP contribution < -0.4 is 4.90 Å². The fraction of sp³-hybridized carbons (Fsp3) is 0. The van der Waals surface area contributed by atoms with Gasteiger partial charge < -0.3 is 9.47 Å². The van der Waals surface area contributed by atoms with Crippen LogP contribution in [0.4, 0.5) is 17.1 Å². The van der Waals surface area contributed by atoms with Crippen LogP contribution in [-0.2, 0) is 0 Å². The zero-order chi connectivity index (χ0) is 34.2. The number of rotatable bonds is 5. The molecule has 2 nitrogen and oxygen atoms in total. The first-order valence-corrected chi connectivity index (χ1v) is 17.9. The summed E-state index contributed by atoms with van der Waals surface area (Å²) in [6.45, 7) is 0. The van der Waals surface area contributed by atoms with Gasteiger partial charge >= 0.3 is 0 Å². The summed E-state index contributed by atoms with van der Waals surface area (Å²) < 4.78 is 2.38. The summed E-state index contributed by atoms with van der Waals surface area (Å²) in [6.07, 6.45) is 0. The fourth-order valence-electron chi connectivity index (χ4n) is 8.60. The van der Waals surface area contributed by atoms with Crippen LogP contribution in [-0.4, -0.2) is 4.57 Å². The van der Waals surface area contributed by atoms with Crippen molar-refractivity contribution in [1.29, 1.82) is 0 Å². The zero-order valence-corrected chi connectivity index (χ0v) is 28.4. The summed E-state index contributed by atoms with van der Waals surface area (Å²) in [5, 5.41) is 7.69. The number of hydrogen-bond donors (Lipinski definition) is 0. The summed E-state index contributed by atoms with van der Waals surface area (Å²) in [5.74, 6) is 0. The molecule has 1 heterocycles. The first kappa shape index (κ1) is 28.9. The quantitative estimate of drug-likeness (QED) is 0.167. The van der Waals surface area contributed by atoms with E-state index in [1.54, 1.807) is 0 Å². The minimum Gasteiger partial charge on any atom is -0.310 e. The Bertz CT molecular complexity index is 3010. The highest BCUT2D eigenvalue weighted by molar-refractivity contribution is 6.24. The van der Waals surface area contributed by atoms with Crippen molar-refractivity contribution in [2.24, 2.45) is 0 Å². The number of hydrogen-bond acceptors (Lipinski definition) is 1. The minimum atomic E-state index is 1.12. The lowest BCUT2D eigenvalue weighted by Gasteiger charge is -2.27. The molecule has 1 aromatic heterocycles. The van der Waals surface area contributed by atoms with Crippen molar-refractivity contribution >= 4 is 60.4 Å². The summed E-state index contributed by atoms with van der Waals surface area (Å²) in [5.41, 5.74) is 14.5. The molecule has 0 spiro atoms. The largest absolute Gasteiger partial charge is 0.310 e. The monoisotopic (exact) mass is 660 g/mol. The van der Waals surface area contributed by atoms with E-state index >= 15 is 0 Å². The summed E-state index contributed by atoms with van der Waals surface area (Å²) in [4.78, 5) is 2.43. The third-order valence-electron chi connectivity index (χ3n) is 10.8. The Labute approximate surface area is 302 Å². The molecule has 0 amide bonds. The Kier molecular flexibility index (Phi) is 6.28. The van der Waals surface area contributed by atoms with Gasteiger partial charge in [-0.3, -0.25) is 0 Å². The fourth-order valence-corrected chi connectivity index (χ4v) is 8.60. The maximum Gasteiger partial charge on any atom is 0.0542 e. The lowest BCUT2D eigenvalue weighted by Crippen LogP contribution is -2.10.